The molecule has 0 atom stereocenters. The van der Waals surface area contributed by atoms with E-state index >= 15 is 0 Å². The number of phenols is 1. The quantitative estimate of drug-likeness (QED) is 0.729. The fourth-order valence-corrected chi connectivity index (χ4v) is 4.43. The smallest absolute Gasteiger partial charge is 0.227 e. The maximum atomic E-state index is 12.5. The van der Waals surface area contributed by atoms with Gasteiger partial charge in [0.2, 0.25) is 5.91 Å². The van der Waals surface area contributed by atoms with Crippen molar-refractivity contribution in [3.8, 4) is 5.75 Å². The van der Waals surface area contributed by atoms with E-state index in [0.717, 1.165) is 36.6 Å². The van der Waals surface area contributed by atoms with Crippen molar-refractivity contribution in [3.63, 3.8) is 0 Å². The number of hydrogen-bond donors (Lipinski definition) is 2. The molecule has 3 aromatic rings. The number of aryl methyl sites for hydroxylation is 1. The molecule has 2 heterocycles. The van der Waals surface area contributed by atoms with Crippen LogP contribution in [0.5, 0.6) is 5.75 Å². The van der Waals surface area contributed by atoms with Crippen LogP contribution >= 0.6 is 11.3 Å². The monoisotopic (exact) mass is 367 g/mol. The Hall–Kier alpha value is -2.60. The van der Waals surface area contributed by atoms with Gasteiger partial charge in [-0.1, -0.05) is 23.5 Å². The van der Waals surface area contributed by atoms with E-state index < -0.39 is 0 Å². The number of benzene rings is 2. The second-order valence-corrected chi connectivity index (χ2v) is 7.78. The van der Waals surface area contributed by atoms with Gasteiger partial charge in [-0.15, -0.1) is 0 Å². The van der Waals surface area contributed by atoms with Gasteiger partial charge < -0.3 is 15.3 Å². The van der Waals surface area contributed by atoms with Crippen LogP contribution in [0.25, 0.3) is 10.2 Å². The molecule has 1 fully saturated rings. The summed E-state index contributed by atoms with van der Waals surface area (Å²) in [5.74, 6) is 0.170. The van der Waals surface area contributed by atoms with Crippen LogP contribution in [0.4, 0.5) is 10.8 Å². The maximum absolute atomic E-state index is 12.5. The molecule has 2 N–H and O–H groups in total. The second kappa shape index (κ2) is 6.96. The molecular formula is C20H21N3O2S. The van der Waals surface area contributed by atoms with Crippen LogP contribution in [0.15, 0.2) is 42.5 Å². The van der Waals surface area contributed by atoms with Crippen LogP contribution in [0.3, 0.4) is 0 Å². The molecule has 6 heteroatoms. The third kappa shape index (κ3) is 3.51. The highest BCUT2D eigenvalue weighted by Gasteiger charge is 2.26. The standard InChI is InChI=1S/C20H21N3O2S/c1-13-5-6-17-18(11-13)26-20(22-17)23-9-7-14(8-10-23)19(25)21-15-3-2-4-16(24)12-15/h2-6,11-12,14,24H,7-10H2,1H3,(H,21,25). The maximum Gasteiger partial charge on any atom is 0.227 e. The first kappa shape index (κ1) is 16.8. The van der Waals surface area contributed by atoms with Crippen LogP contribution in [0, 0.1) is 12.8 Å². The molecule has 134 valence electrons. The number of amides is 1. The highest BCUT2D eigenvalue weighted by Crippen LogP contribution is 2.32. The number of nitrogens with zero attached hydrogens (tertiary/aromatic N) is 2. The van der Waals surface area contributed by atoms with E-state index in [2.05, 4.69) is 35.3 Å². The summed E-state index contributed by atoms with van der Waals surface area (Å²) in [5, 5.41) is 13.5. The largest absolute Gasteiger partial charge is 0.508 e. The van der Waals surface area contributed by atoms with Crippen LogP contribution < -0.4 is 10.2 Å². The molecule has 0 unspecified atom stereocenters. The van der Waals surface area contributed by atoms with Crippen LogP contribution in [-0.4, -0.2) is 29.1 Å². The molecule has 1 aliphatic heterocycles. The van der Waals surface area contributed by atoms with Crippen molar-refractivity contribution in [3.05, 3.63) is 48.0 Å². The molecule has 2 aromatic carbocycles. The zero-order valence-electron chi connectivity index (χ0n) is 14.6. The summed E-state index contributed by atoms with van der Waals surface area (Å²) in [5.41, 5.74) is 2.92. The number of aromatic hydroxyl groups is 1. The van der Waals surface area contributed by atoms with Gasteiger partial charge in [0.1, 0.15) is 5.75 Å². The number of thiazole rings is 1. The predicted molar refractivity (Wildman–Crippen MR) is 106 cm³/mol. The zero-order chi connectivity index (χ0) is 18.1. The third-order valence-electron chi connectivity index (χ3n) is 4.78. The average Bonchev–Trinajstić information content (AvgIpc) is 3.05. The molecule has 0 spiro atoms. The molecule has 1 amide bonds. The summed E-state index contributed by atoms with van der Waals surface area (Å²) in [4.78, 5) is 19.5. The summed E-state index contributed by atoms with van der Waals surface area (Å²) in [6, 6.07) is 13.0. The number of hydrogen-bond acceptors (Lipinski definition) is 5. The first-order chi connectivity index (χ1) is 12.6. The molecule has 0 bridgehead atoms. The minimum Gasteiger partial charge on any atom is -0.508 e. The SMILES string of the molecule is Cc1ccc2nc(N3CCC(C(=O)Nc4cccc(O)c4)CC3)sc2c1. The van der Waals surface area contributed by atoms with Gasteiger partial charge in [0.25, 0.3) is 0 Å². The van der Waals surface area contributed by atoms with Gasteiger partial charge >= 0.3 is 0 Å². The Balaban J connectivity index is 1.39. The average molecular weight is 367 g/mol. The topological polar surface area (TPSA) is 65.5 Å². The highest BCUT2D eigenvalue weighted by molar-refractivity contribution is 7.22. The zero-order valence-corrected chi connectivity index (χ0v) is 15.4. The lowest BCUT2D eigenvalue weighted by molar-refractivity contribution is -0.120. The number of anilines is 2. The number of nitrogens with one attached hydrogen (secondary N) is 1. The van der Waals surface area contributed by atoms with Crippen molar-refractivity contribution in [2.45, 2.75) is 19.8 Å². The highest BCUT2D eigenvalue weighted by atomic mass is 32.1. The molecule has 1 aromatic heterocycles. The van der Waals surface area contributed by atoms with E-state index in [9.17, 15) is 9.90 Å². The van der Waals surface area contributed by atoms with Crippen molar-refractivity contribution in [1.29, 1.82) is 0 Å². The number of rotatable bonds is 3. The Kier molecular flexibility index (Phi) is 4.51. The molecular weight excluding hydrogens is 346 g/mol. The third-order valence-corrected chi connectivity index (χ3v) is 5.86. The molecule has 5 nitrogen and oxygen atoms in total. The van der Waals surface area contributed by atoms with Crippen molar-refractivity contribution >= 4 is 38.3 Å². The lowest BCUT2D eigenvalue weighted by Crippen LogP contribution is -2.38. The molecule has 0 aliphatic carbocycles. The number of aromatic nitrogens is 1. The van der Waals surface area contributed by atoms with E-state index in [1.165, 1.54) is 10.3 Å². The van der Waals surface area contributed by atoms with Gasteiger partial charge in [-0.2, -0.15) is 0 Å². The van der Waals surface area contributed by atoms with E-state index in [1.54, 1.807) is 35.6 Å². The van der Waals surface area contributed by atoms with Crippen molar-refractivity contribution < 1.29 is 9.90 Å². The first-order valence-corrected chi connectivity index (χ1v) is 9.62. The van der Waals surface area contributed by atoms with Gasteiger partial charge in [0.05, 0.1) is 10.2 Å². The lowest BCUT2D eigenvalue weighted by atomic mass is 9.96. The first-order valence-electron chi connectivity index (χ1n) is 8.80. The van der Waals surface area contributed by atoms with Gasteiger partial charge in [0.15, 0.2) is 5.13 Å². The summed E-state index contributed by atoms with van der Waals surface area (Å²) in [6.45, 7) is 3.75. The molecule has 0 radical (unpaired) electrons. The van der Waals surface area contributed by atoms with Gasteiger partial charge in [-0.25, -0.2) is 4.98 Å². The van der Waals surface area contributed by atoms with E-state index in [-0.39, 0.29) is 17.6 Å². The van der Waals surface area contributed by atoms with Crippen LogP contribution in [0.2, 0.25) is 0 Å². The fourth-order valence-electron chi connectivity index (χ4n) is 3.32. The number of phenolic OH excluding ortho intramolecular Hbond substituents is 1. The van der Waals surface area contributed by atoms with E-state index in [1.807, 2.05) is 0 Å². The van der Waals surface area contributed by atoms with Gasteiger partial charge in [0, 0.05) is 30.8 Å². The Morgan fingerprint density at radius 2 is 2.04 bits per heavy atom. The number of piperidine rings is 1. The second-order valence-electron chi connectivity index (χ2n) is 6.77. The van der Waals surface area contributed by atoms with Crippen molar-refractivity contribution in [2.24, 2.45) is 5.92 Å². The number of carbonyl (C=O) groups is 1. The fraction of sp³-hybridized carbons (Fsp3) is 0.300. The van der Waals surface area contributed by atoms with Crippen molar-refractivity contribution in [1.82, 2.24) is 4.98 Å². The molecule has 1 saturated heterocycles. The Morgan fingerprint density at radius 3 is 2.81 bits per heavy atom. The van der Waals surface area contributed by atoms with E-state index in [4.69, 9.17) is 4.98 Å². The summed E-state index contributed by atoms with van der Waals surface area (Å²) < 4.78 is 1.21. The summed E-state index contributed by atoms with van der Waals surface area (Å²) >= 11 is 1.72. The molecule has 0 saturated carbocycles. The number of fused-ring (bicyclic) bond motifs is 1. The Morgan fingerprint density at radius 1 is 1.23 bits per heavy atom. The van der Waals surface area contributed by atoms with Crippen LogP contribution in [0.1, 0.15) is 18.4 Å². The summed E-state index contributed by atoms with van der Waals surface area (Å²) in [6.07, 6.45) is 1.61. The molecule has 26 heavy (non-hydrogen) atoms. The lowest BCUT2D eigenvalue weighted by Gasteiger charge is -2.31. The Labute approximate surface area is 156 Å². The van der Waals surface area contributed by atoms with E-state index in [0.29, 0.717) is 5.69 Å². The number of carbonyl (C=O) groups excluding carboxylic acids is 1. The van der Waals surface area contributed by atoms with Crippen molar-refractivity contribution in [2.75, 3.05) is 23.3 Å². The summed E-state index contributed by atoms with van der Waals surface area (Å²) in [7, 11) is 0. The minimum atomic E-state index is -0.00905. The molecule has 4 rings (SSSR count). The predicted octanol–water partition coefficient (Wildman–Crippen LogP) is 4.17. The molecule has 1 aliphatic rings. The minimum absolute atomic E-state index is 0.00905. The van der Waals surface area contributed by atoms with Crippen LogP contribution in [-0.2, 0) is 4.79 Å². The van der Waals surface area contributed by atoms with Gasteiger partial charge in [-0.3, -0.25) is 4.79 Å². The Bertz CT molecular complexity index is 945. The van der Waals surface area contributed by atoms with Gasteiger partial charge in [-0.05, 0) is 49.6 Å². The normalized spacial score (nSPS) is 15.3.